The highest BCUT2D eigenvalue weighted by atomic mass is 16.5. The van der Waals surface area contributed by atoms with Gasteiger partial charge in [0.1, 0.15) is 12.7 Å². The van der Waals surface area contributed by atoms with Gasteiger partial charge < -0.3 is 24.6 Å². The molecule has 1 unspecified atom stereocenters. The van der Waals surface area contributed by atoms with E-state index in [0.29, 0.717) is 29.4 Å². The van der Waals surface area contributed by atoms with Crippen molar-refractivity contribution < 1.29 is 33.7 Å². The third-order valence-corrected chi connectivity index (χ3v) is 5.27. The number of nitrogens with zero attached hydrogens (tertiary/aromatic N) is 1. The quantitative estimate of drug-likeness (QED) is 0.499. The van der Waals surface area contributed by atoms with Crippen LogP contribution in [-0.4, -0.2) is 67.7 Å². The number of hydrogen-bond donors (Lipinski definition) is 2. The van der Waals surface area contributed by atoms with Crippen LogP contribution in [0.25, 0.3) is 0 Å². The lowest BCUT2D eigenvalue weighted by Gasteiger charge is -2.17. The van der Waals surface area contributed by atoms with Crippen LogP contribution in [-0.2, 0) is 0 Å². The number of para-hydroxylation sites is 1. The second kappa shape index (κ2) is 10.8. The Labute approximate surface area is 192 Å². The molecule has 176 valence electrons. The van der Waals surface area contributed by atoms with E-state index in [4.69, 9.17) is 14.2 Å². The van der Waals surface area contributed by atoms with Crippen molar-refractivity contribution in [1.82, 2.24) is 10.2 Å². The fourth-order valence-corrected chi connectivity index (χ4v) is 3.46. The monoisotopic (exact) mass is 456 g/mol. The summed E-state index contributed by atoms with van der Waals surface area (Å²) >= 11 is 0. The summed E-state index contributed by atoms with van der Waals surface area (Å²) in [5.74, 6) is 0.0557. The Morgan fingerprint density at radius 1 is 1.06 bits per heavy atom. The molecule has 2 aromatic carbocycles. The van der Waals surface area contributed by atoms with E-state index in [2.05, 4.69) is 5.32 Å². The topological polar surface area (TPSA) is 114 Å². The summed E-state index contributed by atoms with van der Waals surface area (Å²) in [7, 11) is 2.99. The van der Waals surface area contributed by atoms with E-state index < -0.39 is 17.9 Å². The van der Waals surface area contributed by atoms with E-state index in [1.165, 1.54) is 37.3 Å². The number of imide groups is 1. The van der Waals surface area contributed by atoms with Crippen LogP contribution in [0.15, 0.2) is 36.4 Å². The maximum absolute atomic E-state index is 12.6. The van der Waals surface area contributed by atoms with Crippen molar-refractivity contribution in [2.24, 2.45) is 0 Å². The number of carbonyl (C=O) groups is 3. The van der Waals surface area contributed by atoms with Crippen LogP contribution in [0.5, 0.6) is 17.2 Å². The van der Waals surface area contributed by atoms with Gasteiger partial charge in [-0.15, -0.1) is 0 Å². The Morgan fingerprint density at radius 3 is 2.36 bits per heavy atom. The first-order valence-electron chi connectivity index (χ1n) is 10.7. The Morgan fingerprint density at radius 2 is 1.73 bits per heavy atom. The van der Waals surface area contributed by atoms with E-state index >= 15 is 0 Å². The van der Waals surface area contributed by atoms with Gasteiger partial charge in [0.25, 0.3) is 17.7 Å². The molecule has 1 atom stereocenters. The van der Waals surface area contributed by atoms with Gasteiger partial charge in [0.15, 0.2) is 11.5 Å². The summed E-state index contributed by atoms with van der Waals surface area (Å²) < 4.78 is 16.1. The predicted molar refractivity (Wildman–Crippen MR) is 120 cm³/mol. The number of hydrogen-bond acceptors (Lipinski definition) is 7. The minimum Gasteiger partial charge on any atom is -0.493 e. The number of methoxy groups -OCH3 is 2. The molecule has 0 aromatic heterocycles. The number of unbranched alkanes of at least 4 members (excludes halogenated alkanes) is 1. The van der Waals surface area contributed by atoms with Gasteiger partial charge in [-0.1, -0.05) is 19.4 Å². The number of nitrogens with one attached hydrogen (secondary N) is 1. The molecule has 0 radical (unpaired) electrons. The van der Waals surface area contributed by atoms with Crippen LogP contribution in [0.3, 0.4) is 0 Å². The van der Waals surface area contributed by atoms with Gasteiger partial charge in [-0.05, 0) is 36.8 Å². The first-order chi connectivity index (χ1) is 15.9. The smallest absolute Gasteiger partial charge is 0.261 e. The van der Waals surface area contributed by atoms with E-state index in [1.54, 1.807) is 18.2 Å². The predicted octanol–water partition coefficient (Wildman–Crippen LogP) is 2.27. The van der Waals surface area contributed by atoms with Gasteiger partial charge in [-0.25, -0.2) is 0 Å². The number of carbonyl (C=O) groups excluding carboxylic acids is 3. The summed E-state index contributed by atoms with van der Waals surface area (Å²) in [5.41, 5.74) is 0.745. The lowest BCUT2D eigenvalue weighted by molar-refractivity contribution is 0.0652. The van der Waals surface area contributed by atoms with Crippen molar-refractivity contribution in [3.63, 3.8) is 0 Å². The van der Waals surface area contributed by atoms with Gasteiger partial charge in [0.05, 0.1) is 25.3 Å². The van der Waals surface area contributed by atoms with E-state index in [-0.39, 0.29) is 30.2 Å². The maximum Gasteiger partial charge on any atom is 0.261 e. The molecule has 33 heavy (non-hydrogen) atoms. The Hall–Kier alpha value is -3.59. The molecule has 0 saturated carbocycles. The van der Waals surface area contributed by atoms with Crippen molar-refractivity contribution >= 4 is 17.7 Å². The molecule has 0 aliphatic carbocycles. The highest BCUT2D eigenvalue weighted by Gasteiger charge is 2.35. The summed E-state index contributed by atoms with van der Waals surface area (Å²) in [6, 6.07) is 9.55. The van der Waals surface area contributed by atoms with Gasteiger partial charge in [0, 0.05) is 18.7 Å². The van der Waals surface area contributed by atoms with Crippen molar-refractivity contribution in [2.75, 3.05) is 33.9 Å². The SMILES string of the molecule is CCCCN1C(=O)c2ccc(C(=O)NCC(O)COc3c(OC)cccc3OC)cc2C1=O. The number of amides is 3. The summed E-state index contributed by atoms with van der Waals surface area (Å²) in [6.07, 6.45) is 0.571. The average molecular weight is 456 g/mol. The zero-order chi connectivity index (χ0) is 24.0. The highest BCUT2D eigenvalue weighted by molar-refractivity contribution is 6.22. The normalized spacial score (nSPS) is 13.5. The van der Waals surface area contributed by atoms with Gasteiger partial charge in [-0.2, -0.15) is 0 Å². The van der Waals surface area contributed by atoms with Crippen molar-refractivity contribution in [1.29, 1.82) is 0 Å². The highest BCUT2D eigenvalue weighted by Crippen LogP contribution is 2.36. The van der Waals surface area contributed by atoms with Crippen molar-refractivity contribution in [3.8, 4) is 17.2 Å². The average Bonchev–Trinajstić information content (AvgIpc) is 3.08. The largest absolute Gasteiger partial charge is 0.493 e. The number of aliphatic hydroxyl groups is 1. The van der Waals surface area contributed by atoms with Gasteiger partial charge in [-0.3, -0.25) is 19.3 Å². The van der Waals surface area contributed by atoms with Crippen LogP contribution in [0.1, 0.15) is 50.8 Å². The molecule has 1 heterocycles. The minimum atomic E-state index is -1.01. The Bertz CT molecular complexity index is 1020. The van der Waals surface area contributed by atoms with E-state index in [9.17, 15) is 19.5 Å². The summed E-state index contributed by atoms with van der Waals surface area (Å²) in [6.45, 7) is 2.14. The zero-order valence-electron chi connectivity index (χ0n) is 18.9. The second-order valence-electron chi connectivity index (χ2n) is 7.54. The second-order valence-corrected chi connectivity index (χ2v) is 7.54. The van der Waals surface area contributed by atoms with Gasteiger partial charge in [0.2, 0.25) is 5.75 Å². The molecule has 1 aliphatic rings. The number of rotatable bonds is 11. The van der Waals surface area contributed by atoms with Crippen LogP contribution < -0.4 is 19.5 Å². The molecule has 0 spiro atoms. The van der Waals surface area contributed by atoms with Crippen molar-refractivity contribution in [3.05, 3.63) is 53.1 Å². The molecule has 9 nitrogen and oxygen atoms in total. The van der Waals surface area contributed by atoms with E-state index in [0.717, 1.165) is 12.8 Å². The lowest BCUT2D eigenvalue weighted by atomic mass is 10.1. The standard InChI is InChI=1S/C24H28N2O7/c1-4-5-11-26-23(29)17-10-9-15(12-18(17)24(26)30)22(28)25-13-16(27)14-33-21-19(31-2)7-6-8-20(21)32-3/h6-10,12,16,27H,4-5,11,13-14H2,1-3H3,(H,25,28). The lowest BCUT2D eigenvalue weighted by Crippen LogP contribution is -2.35. The fourth-order valence-electron chi connectivity index (χ4n) is 3.46. The van der Waals surface area contributed by atoms with Crippen LogP contribution in [0.2, 0.25) is 0 Å². The third kappa shape index (κ3) is 5.25. The molecule has 3 amide bonds. The number of fused-ring (bicyclic) bond motifs is 1. The maximum atomic E-state index is 12.6. The molecule has 3 rings (SSSR count). The molecule has 0 bridgehead atoms. The molecule has 2 aromatic rings. The molecule has 1 aliphatic heterocycles. The van der Waals surface area contributed by atoms with Crippen LogP contribution in [0, 0.1) is 0 Å². The first kappa shape index (κ1) is 24.1. The first-order valence-corrected chi connectivity index (χ1v) is 10.7. The summed E-state index contributed by atoms with van der Waals surface area (Å²) in [4.78, 5) is 38.8. The fraction of sp³-hybridized carbons (Fsp3) is 0.375. The number of benzene rings is 2. The summed E-state index contributed by atoms with van der Waals surface area (Å²) in [5, 5.41) is 12.9. The minimum absolute atomic E-state index is 0.0805. The Balaban J connectivity index is 1.59. The van der Waals surface area contributed by atoms with Crippen LogP contribution in [0.4, 0.5) is 0 Å². The van der Waals surface area contributed by atoms with Crippen molar-refractivity contribution in [2.45, 2.75) is 25.9 Å². The Kier molecular flexibility index (Phi) is 7.89. The molecule has 0 saturated heterocycles. The number of aliphatic hydroxyl groups excluding tert-OH is 1. The molecule has 2 N–H and O–H groups in total. The third-order valence-electron chi connectivity index (χ3n) is 5.27. The van der Waals surface area contributed by atoms with Crippen LogP contribution >= 0.6 is 0 Å². The number of ether oxygens (including phenoxy) is 3. The van der Waals surface area contributed by atoms with E-state index in [1.807, 2.05) is 6.92 Å². The molecule has 0 fully saturated rings. The molecular weight excluding hydrogens is 428 g/mol. The molecule has 9 heteroatoms. The van der Waals surface area contributed by atoms with Gasteiger partial charge >= 0.3 is 0 Å². The molecular formula is C24H28N2O7. The zero-order valence-corrected chi connectivity index (χ0v) is 18.9.